The lowest BCUT2D eigenvalue weighted by Crippen LogP contribution is -2.44. The minimum atomic E-state index is -0.961. The fourth-order valence-electron chi connectivity index (χ4n) is 2.81. The van der Waals surface area contributed by atoms with Crippen LogP contribution >= 0.6 is 0 Å². The molecule has 26 heavy (non-hydrogen) atoms. The van der Waals surface area contributed by atoms with Gasteiger partial charge in [-0.1, -0.05) is 42.5 Å². The number of hydrogen-bond donors (Lipinski definition) is 2. The summed E-state index contributed by atoms with van der Waals surface area (Å²) in [6.45, 7) is 0.0255. The number of carbonyl (C=O) groups excluding carboxylic acids is 3. The largest absolute Gasteiger partial charge is 0.491 e. The number of benzene rings is 2. The average Bonchev–Trinajstić information content (AvgIpc) is 2.79. The molecule has 2 aromatic carbocycles. The van der Waals surface area contributed by atoms with Crippen molar-refractivity contribution in [3.05, 3.63) is 60.2 Å². The number of anilines is 1. The molecule has 0 aliphatic carbocycles. The molecule has 0 spiro atoms. The lowest BCUT2D eigenvalue weighted by molar-refractivity contribution is -0.127. The van der Waals surface area contributed by atoms with Crippen molar-refractivity contribution >= 4 is 23.4 Å². The van der Waals surface area contributed by atoms with Crippen molar-refractivity contribution in [3.63, 3.8) is 0 Å². The summed E-state index contributed by atoms with van der Waals surface area (Å²) in [5.41, 5.74) is 6.54. The topological polar surface area (TPSA) is 102 Å². The van der Waals surface area contributed by atoms with Crippen molar-refractivity contribution < 1.29 is 19.1 Å². The minimum Gasteiger partial charge on any atom is -0.491 e. The Morgan fingerprint density at radius 1 is 1.12 bits per heavy atom. The summed E-state index contributed by atoms with van der Waals surface area (Å²) in [7, 11) is 0. The van der Waals surface area contributed by atoms with E-state index >= 15 is 0 Å². The van der Waals surface area contributed by atoms with Crippen LogP contribution in [0.3, 0.4) is 0 Å². The summed E-state index contributed by atoms with van der Waals surface area (Å²) in [6, 6.07) is 14.8. The van der Waals surface area contributed by atoms with E-state index in [0.717, 1.165) is 0 Å². The summed E-state index contributed by atoms with van der Waals surface area (Å²) < 4.78 is 5.55. The number of carbonyl (C=O) groups is 3. The van der Waals surface area contributed by atoms with Crippen LogP contribution in [0.25, 0.3) is 0 Å². The molecule has 0 fully saturated rings. The van der Waals surface area contributed by atoms with Gasteiger partial charge in [0.25, 0.3) is 0 Å². The van der Waals surface area contributed by atoms with Gasteiger partial charge in [-0.2, -0.15) is 0 Å². The van der Waals surface area contributed by atoms with Crippen molar-refractivity contribution in [2.24, 2.45) is 5.73 Å². The molecule has 0 unspecified atom stereocenters. The van der Waals surface area contributed by atoms with Gasteiger partial charge in [-0.15, -0.1) is 0 Å². The van der Waals surface area contributed by atoms with E-state index in [1.165, 1.54) is 4.90 Å². The quantitative estimate of drug-likeness (QED) is 0.842. The Morgan fingerprint density at radius 3 is 2.54 bits per heavy atom. The highest BCUT2D eigenvalue weighted by Gasteiger charge is 2.27. The van der Waals surface area contributed by atoms with Gasteiger partial charge < -0.3 is 15.8 Å². The summed E-state index contributed by atoms with van der Waals surface area (Å²) in [6.07, 6.45) is 0.167. The molecule has 7 nitrogen and oxygen atoms in total. The van der Waals surface area contributed by atoms with Crippen LogP contribution in [-0.4, -0.2) is 30.9 Å². The molecular formula is C19H19N3O4. The average molecular weight is 353 g/mol. The SMILES string of the molecule is NC(=O)[C@H](NC(=O)CN1C(=O)CCOc2ccccc21)c1ccccc1. The number of para-hydroxylation sites is 2. The molecule has 1 aliphatic rings. The van der Waals surface area contributed by atoms with Gasteiger partial charge in [0.2, 0.25) is 17.7 Å². The first-order chi connectivity index (χ1) is 12.6. The molecular weight excluding hydrogens is 334 g/mol. The summed E-state index contributed by atoms with van der Waals surface area (Å²) >= 11 is 0. The van der Waals surface area contributed by atoms with E-state index in [0.29, 0.717) is 17.0 Å². The second-order valence-corrected chi connectivity index (χ2v) is 5.86. The van der Waals surface area contributed by atoms with Crippen molar-refractivity contribution in [1.82, 2.24) is 5.32 Å². The molecule has 1 aliphatic heterocycles. The maximum Gasteiger partial charge on any atom is 0.244 e. The molecule has 7 heteroatoms. The molecule has 1 atom stereocenters. The summed E-state index contributed by atoms with van der Waals surface area (Å²) in [5, 5.41) is 2.60. The Morgan fingerprint density at radius 2 is 1.81 bits per heavy atom. The first-order valence-electron chi connectivity index (χ1n) is 8.22. The van der Waals surface area contributed by atoms with Gasteiger partial charge in [0.15, 0.2) is 0 Å². The molecule has 3 rings (SSSR count). The van der Waals surface area contributed by atoms with Gasteiger partial charge in [-0.25, -0.2) is 0 Å². The molecule has 0 bridgehead atoms. The van der Waals surface area contributed by atoms with Gasteiger partial charge in [-0.3, -0.25) is 19.3 Å². The van der Waals surface area contributed by atoms with Crippen LogP contribution in [0.5, 0.6) is 5.75 Å². The van der Waals surface area contributed by atoms with Gasteiger partial charge in [0.05, 0.1) is 18.7 Å². The number of ether oxygens (including phenoxy) is 1. The third-order valence-corrected chi connectivity index (χ3v) is 4.06. The third kappa shape index (κ3) is 3.83. The van der Waals surface area contributed by atoms with Crippen LogP contribution in [0.4, 0.5) is 5.69 Å². The van der Waals surface area contributed by atoms with E-state index in [2.05, 4.69) is 5.32 Å². The molecule has 0 saturated carbocycles. The molecule has 3 amide bonds. The number of primary amides is 1. The lowest BCUT2D eigenvalue weighted by Gasteiger charge is -2.23. The normalized spacial score (nSPS) is 14.6. The molecule has 2 aromatic rings. The van der Waals surface area contributed by atoms with E-state index in [1.807, 2.05) is 0 Å². The first-order valence-corrected chi connectivity index (χ1v) is 8.22. The predicted molar refractivity (Wildman–Crippen MR) is 95.4 cm³/mol. The van der Waals surface area contributed by atoms with Crippen molar-refractivity contribution in [2.75, 3.05) is 18.1 Å². The van der Waals surface area contributed by atoms with E-state index < -0.39 is 17.9 Å². The van der Waals surface area contributed by atoms with Gasteiger partial charge in [-0.05, 0) is 17.7 Å². The standard InChI is InChI=1S/C19H19N3O4/c20-19(25)18(13-6-2-1-3-7-13)21-16(23)12-22-14-8-4-5-9-15(14)26-11-10-17(22)24/h1-9,18H,10-12H2,(H2,20,25)(H,21,23)/t18-/m1/s1. The molecule has 0 saturated heterocycles. The minimum absolute atomic E-state index is 0.167. The zero-order chi connectivity index (χ0) is 18.5. The number of rotatable bonds is 5. The second-order valence-electron chi connectivity index (χ2n) is 5.86. The number of nitrogens with two attached hydrogens (primary N) is 1. The third-order valence-electron chi connectivity index (χ3n) is 4.06. The Bertz CT molecular complexity index is 823. The number of amides is 3. The Kier molecular flexibility index (Phi) is 5.17. The molecule has 1 heterocycles. The summed E-state index contributed by atoms with van der Waals surface area (Å²) in [4.78, 5) is 38.0. The Labute approximate surface area is 150 Å². The Balaban J connectivity index is 1.78. The van der Waals surface area contributed by atoms with Crippen LogP contribution in [0, 0.1) is 0 Å². The van der Waals surface area contributed by atoms with Crippen molar-refractivity contribution in [2.45, 2.75) is 12.5 Å². The van der Waals surface area contributed by atoms with E-state index in [1.54, 1.807) is 54.6 Å². The van der Waals surface area contributed by atoms with Gasteiger partial charge >= 0.3 is 0 Å². The van der Waals surface area contributed by atoms with Gasteiger partial charge in [0.1, 0.15) is 18.3 Å². The fraction of sp³-hybridized carbons (Fsp3) is 0.211. The van der Waals surface area contributed by atoms with E-state index in [9.17, 15) is 14.4 Å². The maximum absolute atomic E-state index is 12.5. The number of nitrogens with one attached hydrogen (secondary N) is 1. The number of fused-ring (bicyclic) bond motifs is 1. The molecule has 0 aromatic heterocycles. The number of hydrogen-bond acceptors (Lipinski definition) is 4. The highest BCUT2D eigenvalue weighted by molar-refractivity contribution is 6.01. The van der Waals surface area contributed by atoms with Crippen LogP contribution < -0.4 is 20.7 Å². The molecule has 0 radical (unpaired) electrons. The van der Waals surface area contributed by atoms with E-state index in [4.69, 9.17) is 10.5 Å². The fourth-order valence-corrected chi connectivity index (χ4v) is 2.81. The predicted octanol–water partition coefficient (Wildman–Crippen LogP) is 1.14. The van der Waals surface area contributed by atoms with Crippen LogP contribution in [0.2, 0.25) is 0 Å². The Hall–Kier alpha value is -3.35. The van der Waals surface area contributed by atoms with Gasteiger partial charge in [0, 0.05) is 0 Å². The highest BCUT2D eigenvalue weighted by Crippen LogP contribution is 2.30. The van der Waals surface area contributed by atoms with Crippen LogP contribution in [0.15, 0.2) is 54.6 Å². The lowest BCUT2D eigenvalue weighted by atomic mass is 10.1. The van der Waals surface area contributed by atoms with Crippen molar-refractivity contribution in [1.29, 1.82) is 0 Å². The number of nitrogens with zero attached hydrogens (tertiary/aromatic N) is 1. The zero-order valence-corrected chi connectivity index (χ0v) is 14.1. The van der Waals surface area contributed by atoms with Crippen molar-refractivity contribution in [3.8, 4) is 5.75 Å². The molecule has 3 N–H and O–H groups in total. The van der Waals surface area contributed by atoms with Crippen LogP contribution in [-0.2, 0) is 14.4 Å². The first kappa shape index (κ1) is 17.5. The molecule has 134 valence electrons. The van der Waals surface area contributed by atoms with Crippen LogP contribution in [0.1, 0.15) is 18.0 Å². The summed E-state index contributed by atoms with van der Waals surface area (Å²) in [5.74, 6) is -0.834. The maximum atomic E-state index is 12.5. The second kappa shape index (κ2) is 7.69. The monoisotopic (exact) mass is 353 g/mol. The zero-order valence-electron chi connectivity index (χ0n) is 14.1. The van der Waals surface area contributed by atoms with E-state index in [-0.39, 0.29) is 25.5 Å². The smallest absolute Gasteiger partial charge is 0.244 e. The highest BCUT2D eigenvalue weighted by atomic mass is 16.5.